The zero-order valence-corrected chi connectivity index (χ0v) is 12.5. The third kappa shape index (κ3) is 2.94. The molecule has 0 radical (unpaired) electrons. The van der Waals surface area contributed by atoms with Crippen molar-refractivity contribution in [1.82, 2.24) is 0 Å². The van der Waals surface area contributed by atoms with Crippen molar-refractivity contribution in [2.75, 3.05) is 0 Å². The summed E-state index contributed by atoms with van der Waals surface area (Å²) in [5.41, 5.74) is 3.52. The number of hydrogen-bond donors (Lipinski definition) is 0. The van der Waals surface area contributed by atoms with Gasteiger partial charge in [0.05, 0.1) is 27.0 Å². The summed E-state index contributed by atoms with van der Waals surface area (Å²) in [4.78, 5) is 0. The Kier molecular flexibility index (Phi) is 3.42. The highest BCUT2D eigenvalue weighted by Gasteiger charge is 2.18. The molecule has 0 aliphatic heterocycles. The SMILES string of the molecule is O=S(=O)(I)Cc1cc(Br)cc2c1CCC2. The summed E-state index contributed by atoms with van der Waals surface area (Å²) >= 11 is 4.94. The number of halogens is 2. The maximum Gasteiger partial charge on any atom is 0.207 e. The van der Waals surface area contributed by atoms with Crippen LogP contribution in [0.4, 0.5) is 0 Å². The Hall–Kier alpha value is 0.380. The summed E-state index contributed by atoms with van der Waals surface area (Å²) in [5.74, 6) is 0.148. The zero-order chi connectivity index (χ0) is 11.1. The van der Waals surface area contributed by atoms with Crippen LogP contribution in [0.5, 0.6) is 0 Å². The van der Waals surface area contributed by atoms with Crippen molar-refractivity contribution in [1.29, 1.82) is 0 Å². The van der Waals surface area contributed by atoms with Gasteiger partial charge in [0.15, 0.2) is 0 Å². The molecule has 5 heteroatoms. The first-order chi connectivity index (χ1) is 6.96. The highest BCUT2D eigenvalue weighted by molar-refractivity contribution is 14.2. The third-order valence-corrected chi connectivity index (χ3v) is 4.65. The van der Waals surface area contributed by atoms with Crippen molar-refractivity contribution in [3.05, 3.63) is 33.3 Å². The normalized spacial score (nSPS) is 15.3. The van der Waals surface area contributed by atoms with Crippen molar-refractivity contribution in [3.63, 3.8) is 0 Å². The molecular formula is C10H10BrIO2S. The van der Waals surface area contributed by atoms with Crippen LogP contribution in [-0.4, -0.2) is 8.42 Å². The van der Waals surface area contributed by atoms with E-state index in [1.54, 1.807) is 0 Å². The van der Waals surface area contributed by atoms with Crippen LogP contribution in [0.2, 0.25) is 0 Å². The van der Waals surface area contributed by atoms with Crippen LogP contribution < -0.4 is 0 Å². The maximum absolute atomic E-state index is 11.3. The first-order valence-electron chi connectivity index (χ1n) is 4.68. The van der Waals surface area contributed by atoms with E-state index in [1.165, 1.54) is 32.3 Å². The van der Waals surface area contributed by atoms with E-state index in [0.29, 0.717) is 0 Å². The Bertz CT molecular complexity index is 496. The molecule has 1 aromatic carbocycles. The number of aryl methyl sites for hydroxylation is 1. The lowest BCUT2D eigenvalue weighted by molar-refractivity contribution is 0.612. The van der Waals surface area contributed by atoms with Gasteiger partial charge in [0.2, 0.25) is 7.01 Å². The Morgan fingerprint density at radius 1 is 1.33 bits per heavy atom. The molecule has 82 valence electrons. The van der Waals surface area contributed by atoms with Gasteiger partial charge < -0.3 is 0 Å². The molecule has 0 atom stereocenters. The van der Waals surface area contributed by atoms with Gasteiger partial charge >= 0.3 is 0 Å². The van der Waals surface area contributed by atoms with Crippen LogP contribution in [0, 0.1) is 0 Å². The molecule has 0 spiro atoms. The lowest BCUT2D eigenvalue weighted by Crippen LogP contribution is -1.99. The molecule has 1 aliphatic carbocycles. The van der Waals surface area contributed by atoms with Gasteiger partial charge in [-0.25, -0.2) is 8.42 Å². The third-order valence-electron chi connectivity index (χ3n) is 2.60. The van der Waals surface area contributed by atoms with E-state index in [2.05, 4.69) is 22.0 Å². The molecule has 0 heterocycles. The molecule has 0 fully saturated rings. The van der Waals surface area contributed by atoms with Gasteiger partial charge in [0, 0.05) is 4.47 Å². The Balaban J connectivity index is 2.47. The van der Waals surface area contributed by atoms with Gasteiger partial charge in [-0.2, -0.15) is 0 Å². The summed E-state index contributed by atoms with van der Waals surface area (Å²) in [6.45, 7) is 0. The minimum absolute atomic E-state index is 0.148. The molecule has 2 rings (SSSR count). The second-order valence-electron chi connectivity index (χ2n) is 3.74. The minimum Gasteiger partial charge on any atom is -0.218 e. The van der Waals surface area contributed by atoms with E-state index in [0.717, 1.165) is 29.3 Å². The van der Waals surface area contributed by atoms with Gasteiger partial charge in [-0.15, -0.1) is 0 Å². The van der Waals surface area contributed by atoms with Crippen molar-refractivity contribution in [2.45, 2.75) is 25.0 Å². The predicted molar refractivity (Wildman–Crippen MR) is 72.8 cm³/mol. The van der Waals surface area contributed by atoms with Crippen LogP contribution in [0.1, 0.15) is 23.1 Å². The van der Waals surface area contributed by atoms with Crippen LogP contribution in [-0.2, 0) is 25.6 Å². The summed E-state index contributed by atoms with van der Waals surface area (Å²) in [7, 11) is -2.97. The molecule has 0 unspecified atom stereocenters. The monoisotopic (exact) mass is 400 g/mol. The Morgan fingerprint density at radius 3 is 2.73 bits per heavy atom. The molecule has 0 amide bonds. The highest BCUT2D eigenvalue weighted by atomic mass is 127. The van der Waals surface area contributed by atoms with Gasteiger partial charge in [-0.05, 0) is 48.1 Å². The zero-order valence-electron chi connectivity index (χ0n) is 7.96. The lowest BCUT2D eigenvalue weighted by atomic mass is 10.1. The van der Waals surface area contributed by atoms with Gasteiger partial charge in [0.1, 0.15) is 0 Å². The van der Waals surface area contributed by atoms with Gasteiger partial charge in [-0.3, -0.25) is 0 Å². The molecule has 0 bridgehead atoms. The second kappa shape index (κ2) is 4.33. The van der Waals surface area contributed by atoms with Crippen molar-refractivity contribution in [3.8, 4) is 0 Å². The molecular weight excluding hydrogens is 391 g/mol. The molecule has 0 saturated carbocycles. The van der Waals surface area contributed by atoms with E-state index < -0.39 is 7.01 Å². The first kappa shape index (κ1) is 11.9. The summed E-state index contributed by atoms with van der Waals surface area (Å²) in [5, 5.41) is 0. The average molecular weight is 401 g/mol. The van der Waals surface area contributed by atoms with E-state index in [9.17, 15) is 8.42 Å². The van der Waals surface area contributed by atoms with E-state index in [-0.39, 0.29) is 5.75 Å². The van der Waals surface area contributed by atoms with Gasteiger partial charge in [-0.1, -0.05) is 15.9 Å². The fourth-order valence-electron chi connectivity index (χ4n) is 2.07. The summed E-state index contributed by atoms with van der Waals surface area (Å²) < 4.78 is 23.6. The Labute approximate surface area is 110 Å². The van der Waals surface area contributed by atoms with E-state index in [1.807, 2.05) is 6.07 Å². The van der Waals surface area contributed by atoms with Crippen LogP contribution in [0.3, 0.4) is 0 Å². The lowest BCUT2D eigenvalue weighted by Gasteiger charge is -2.07. The summed E-state index contributed by atoms with van der Waals surface area (Å²) in [6, 6.07) is 4.03. The van der Waals surface area contributed by atoms with Crippen LogP contribution >= 0.6 is 37.1 Å². The molecule has 0 saturated heterocycles. The van der Waals surface area contributed by atoms with Crippen molar-refractivity contribution in [2.24, 2.45) is 0 Å². The topological polar surface area (TPSA) is 34.1 Å². The smallest absolute Gasteiger partial charge is 0.207 e. The molecule has 15 heavy (non-hydrogen) atoms. The van der Waals surface area contributed by atoms with Crippen LogP contribution in [0.15, 0.2) is 16.6 Å². The highest BCUT2D eigenvalue weighted by Crippen LogP contribution is 2.30. The minimum atomic E-state index is -2.97. The summed E-state index contributed by atoms with van der Waals surface area (Å²) in [6.07, 6.45) is 3.23. The standard InChI is InChI=1S/C10H10BrIO2S/c11-9-4-7-2-1-3-10(7)8(5-9)6-15(12,13)14/h4-5H,1-3,6H2. The molecule has 2 nitrogen and oxygen atoms in total. The number of hydrogen-bond acceptors (Lipinski definition) is 2. The fourth-order valence-corrected chi connectivity index (χ4v) is 4.26. The number of rotatable bonds is 2. The molecule has 1 aromatic rings. The first-order valence-corrected chi connectivity index (χ1v) is 9.67. The second-order valence-corrected chi connectivity index (χ2v) is 10.0. The van der Waals surface area contributed by atoms with Gasteiger partial charge in [0.25, 0.3) is 0 Å². The van der Waals surface area contributed by atoms with E-state index in [4.69, 9.17) is 0 Å². The molecule has 0 aromatic heterocycles. The molecule has 1 aliphatic rings. The predicted octanol–water partition coefficient (Wildman–Crippen LogP) is 3.20. The van der Waals surface area contributed by atoms with Crippen LogP contribution in [0.25, 0.3) is 0 Å². The van der Waals surface area contributed by atoms with E-state index >= 15 is 0 Å². The number of fused-ring (bicyclic) bond motifs is 1. The Morgan fingerprint density at radius 2 is 2.07 bits per heavy atom. The molecule has 0 N–H and O–H groups in total. The maximum atomic E-state index is 11.3. The average Bonchev–Trinajstić information content (AvgIpc) is 2.48. The number of benzene rings is 1. The largest absolute Gasteiger partial charge is 0.218 e. The van der Waals surface area contributed by atoms with Crippen molar-refractivity contribution >= 4 is 44.1 Å². The quantitative estimate of drug-likeness (QED) is 0.564. The van der Waals surface area contributed by atoms with Crippen molar-refractivity contribution < 1.29 is 8.42 Å². The fraction of sp³-hybridized carbons (Fsp3) is 0.400.